The summed E-state index contributed by atoms with van der Waals surface area (Å²) in [5.41, 5.74) is 3.51. The van der Waals surface area contributed by atoms with Crippen molar-refractivity contribution in [3.8, 4) is 0 Å². The Morgan fingerprint density at radius 3 is 2.31 bits per heavy atom. The monoisotopic (exact) mass is 485 g/mol. The number of anilines is 1. The molecule has 0 aliphatic carbocycles. The van der Waals surface area contributed by atoms with E-state index in [1.807, 2.05) is 55.5 Å². The number of likely N-dealkylation sites (tertiary alicyclic amines) is 1. The molecule has 0 aromatic heterocycles. The molecule has 1 N–H and O–H groups in total. The first-order valence-electron chi connectivity index (χ1n) is 12.7. The fourth-order valence-electron chi connectivity index (χ4n) is 4.59. The van der Waals surface area contributed by atoms with E-state index in [0.29, 0.717) is 24.2 Å². The van der Waals surface area contributed by atoms with Crippen molar-refractivity contribution in [1.82, 2.24) is 10.2 Å². The Labute approximate surface area is 213 Å². The molecule has 188 valence electrons. The van der Waals surface area contributed by atoms with Gasteiger partial charge in [-0.15, -0.1) is 0 Å². The number of ether oxygens (including phenoxy) is 1. The quantitative estimate of drug-likeness (QED) is 0.413. The topological polar surface area (TPSA) is 61.9 Å². The van der Waals surface area contributed by atoms with E-state index < -0.39 is 0 Å². The van der Waals surface area contributed by atoms with Crippen molar-refractivity contribution in [3.05, 3.63) is 102 Å². The maximum Gasteiger partial charge on any atom is 0.338 e. The standard InChI is InChI=1S/C30H35N3O3/c1-3-19-31-29(34)24-14-16-26(17-15-24)32(2)28(23-10-6-4-7-11-23)22-33-20-18-27(21-33)36-30(35)25-12-8-5-9-13-25/h4-17,27-28H,3,18-22H2,1-2H3,(H,31,34)/t27-,28+/m0/s1. The van der Waals surface area contributed by atoms with E-state index in [0.717, 1.165) is 31.6 Å². The molecule has 1 amide bonds. The van der Waals surface area contributed by atoms with Gasteiger partial charge in [0.15, 0.2) is 0 Å². The molecule has 3 aromatic carbocycles. The summed E-state index contributed by atoms with van der Waals surface area (Å²) in [4.78, 5) is 29.4. The zero-order valence-electron chi connectivity index (χ0n) is 21.1. The van der Waals surface area contributed by atoms with Gasteiger partial charge in [-0.25, -0.2) is 4.79 Å². The molecule has 36 heavy (non-hydrogen) atoms. The molecule has 0 unspecified atom stereocenters. The minimum absolute atomic E-state index is 0.0428. The predicted molar refractivity (Wildman–Crippen MR) is 143 cm³/mol. The van der Waals surface area contributed by atoms with E-state index in [-0.39, 0.29) is 24.0 Å². The number of carbonyl (C=O) groups excluding carboxylic acids is 2. The second-order valence-electron chi connectivity index (χ2n) is 9.28. The van der Waals surface area contributed by atoms with Gasteiger partial charge < -0.3 is 15.0 Å². The maximum absolute atomic E-state index is 12.5. The van der Waals surface area contributed by atoms with Crippen molar-refractivity contribution < 1.29 is 14.3 Å². The lowest BCUT2D eigenvalue weighted by molar-refractivity contribution is 0.0321. The molecule has 1 saturated heterocycles. The summed E-state index contributed by atoms with van der Waals surface area (Å²) in [6, 6.07) is 27.5. The number of rotatable bonds is 10. The molecule has 0 radical (unpaired) electrons. The lowest BCUT2D eigenvalue weighted by atomic mass is 10.0. The fraction of sp³-hybridized carbons (Fsp3) is 0.333. The second-order valence-corrected chi connectivity index (χ2v) is 9.28. The van der Waals surface area contributed by atoms with Crippen LogP contribution in [0.5, 0.6) is 0 Å². The van der Waals surface area contributed by atoms with E-state index in [9.17, 15) is 9.59 Å². The van der Waals surface area contributed by atoms with Crippen molar-refractivity contribution in [2.24, 2.45) is 0 Å². The zero-order valence-corrected chi connectivity index (χ0v) is 21.1. The van der Waals surface area contributed by atoms with Crippen molar-refractivity contribution in [2.45, 2.75) is 31.9 Å². The Kier molecular flexibility index (Phi) is 8.74. The number of hydrogen-bond donors (Lipinski definition) is 1. The Morgan fingerprint density at radius 1 is 0.972 bits per heavy atom. The highest BCUT2D eigenvalue weighted by atomic mass is 16.5. The third-order valence-electron chi connectivity index (χ3n) is 6.67. The van der Waals surface area contributed by atoms with E-state index in [1.165, 1.54) is 5.56 Å². The summed E-state index contributed by atoms with van der Waals surface area (Å²) >= 11 is 0. The van der Waals surface area contributed by atoms with Crippen LogP contribution in [0.15, 0.2) is 84.9 Å². The molecule has 1 fully saturated rings. The van der Waals surface area contributed by atoms with Crippen LogP contribution in [-0.2, 0) is 4.74 Å². The van der Waals surface area contributed by atoms with Crippen LogP contribution in [-0.4, -0.2) is 56.1 Å². The van der Waals surface area contributed by atoms with Crippen LogP contribution < -0.4 is 10.2 Å². The largest absolute Gasteiger partial charge is 0.457 e. The van der Waals surface area contributed by atoms with Crippen molar-refractivity contribution in [1.29, 1.82) is 0 Å². The van der Waals surface area contributed by atoms with E-state index in [2.05, 4.69) is 46.4 Å². The third-order valence-corrected chi connectivity index (χ3v) is 6.67. The summed E-state index contributed by atoms with van der Waals surface area (Å²) in [6.07, 6.45) is 1.62. The van der Waals surface area contributed by atoms with Crippen molar-refractivity contribution in [2.75, 3.05) is 38.1 Å². The van der Waals surface area contributed by atoms with Crippen LogP contribution in [0.4, 0.5) is 5.69 Å². The molecule has 1 heterocycles. The molecule has 3 aromatic rings. The summed E-state index contributed by atoms with van der Waals surface area (Å²) in [5, 5.41) is 2.93. The van der Waals surface area contributed by atoms with E-state index >= 15 is 0 Å². The summed E-state index contributed by atoms with van der Waals surface area (Å²) < 4.78 is 5.79. The summed E-state index contributed by atoms with van der Waals surface area (Å²) in [7, 11) is 2.09. The Bertz CT molecular complexity index is 1120. The van der Waals surface area contributed by atoms with Crippen molar-refractivity contribution >= 4 is 17.6 Å². The predicted octanol–water partition coefficient (Wildman–Crippen LogP) is 4.94. The first-order chi connectivity index (χ1) is 17.5. The van der Waals surface area contributed by atoms with Gasteiger partial charge in [0.05, 0.1) is 11.6 Å². The molecule has 1 aliphatic heterocycles. The average Bonchev–Trinajstić information content (AvgIpc) is 3.37. The van der Waals surface area contributed by atoms with Gasteiger partial charge in [-0.1, -0.05) is 55.5 Å². The number of carbonyl (C=O) groups is 2. The number of likely N-dealkylation sites (N-methyl/N-ethyl adjacent to an activating group) is 1. The molecule has 6 nitrogen and oxygen atoms in total. The van der Waals surface area contributed by atoms with Gasteiger partial charge in [0.2, 0.25) is 0 Å². The maximum atomic E-state index is 12.5. The van der Waals surface area contributed by atoms with Gasteiger partial charge in [-0.3, -0.25) is 9.69 Å². The number of nitrogens with one attached hydrogen (secondary N) is 1. The summed E-state index contributed by atoms with van der Waals surface area (Å²) in [5.74, 6) is -0.305. The average molecular weight is 486 g/mol. The normalized spacial score (nSPS) is 16.3. The summed E-state index contributed by atoms with van der Waals surface area (Å²) in [6.45, 7) is 5.11. The minimum Gasteiger partial charge on any atom is -0.457 e. The number of esters is 1. The highest BCUT2D eigenvalue weighted by Gasteiger charge is 2.29. The minimum atomic E-state index is -0.262. The van der Waals surface area contributed by atoms with Gasteiger partial charge in [-0.05, 0) is 54.8 Å². The Hall–Kier alpha value is -3.64. The lowest BCUT2D eigenvalue weighted by Gasteiger charge is -2.33. The van der Waals surface area contributed by atoms with Gasteiger partial charge in [-0.2, -0.15) is 0 Å². The molecule has 4 rings (SSSR count). The molecule has 2 atom stereocenters. The van der Waals surface area contributed by atoms with Gasteiger partial charge >= 0.3 is 5.97 Å². The molecule has 1 aliphatic rings. The van der Waals surface area contributed by atoms with Crippen LogP contribution in [0.2, 0.25) is 0 Å². The molecule has 0 saturated carbocycles. The van der Waals surface area contributed by atoms with Crippen molar-refractivity contribution in [3.63, 3.8) is 0 Å². The number of benzene rings is 3. The first-order valence-corrected chi connectivity index (χ1v) is 12.7. The SMILES string of the molecule is CCCNC(=O)c1ccc(N(C)[C@H](CN2CC[C@H](OC(=O)c3ccccc3)C2)c2ccccc2)cc1. The Balaban J connectivity index is 1.43. The smallest absolute Gasteiger partial charge is 0.338 e. The van der Waals surface area contributed by atoms with Crippen LogP contribution in [0.1, 0.15) is 52.1 Å². The highest BCUT2D eigenvalue weighted by molar-refractivity contribution is 5.94. The fourth-order valence-corrected chi connectivity index (χ4v) is 4.59. The van der Waals surface area contributed by atoms with Gasteiger partial charge in [0.1, 0.15) is 6.10 Å². The van der Waals surface area contributed by atoms with Crippen LogP contribution in [0, 0.1) is 0 Å². The van der Waals surface area contributed by atoms with E-state index in [1.54, 1.807) is 12.1 Å². The molecular formula is C30H35N3O3. The number of nitrogens with zero attached hydrogens (tertiary/aromatic N) is 2. The van der Waals surface area contributed by atoms with Crippen LogP contribution in [0.25, 0.3) is 0 Å². The molecule has 0 spiro atoms. The van der Waals surface area contributed by atoms with Crippen LogP contribution in [0.3, 0.4) is 0 Å². The van der Waals surface area contributed by atoms with Gasteiger partial charge in [0.25, 0.3) is 5.91 Å². The third kappa shape index (κ3) is 6.52. The Morgan fingerprint density at radius 2 is 1.64 bits per heavy atom. The molecule has 0 bridgehead atoms. The molecule has 6 heteroatoms. The second kappa shape index (κ2) is 12.4. The number of amides is 1. The number of hydrogen-bond acceptors (Lipinski definition) is 5. The van der Waals surface area contributed by atoms with E-state index in [4.69, 9.17) is 4.74 Å². The van der Waals surface area contributed by atoms with Crippen LogP contribution >= 0.6 is 0 Å². The highest BCUT2D eigenvalue weighted by Crippen LogP contribution is 2.28. The first kappa shape index (κ1) is 25.5. The van der Waals surface area contributed by atoms with Gasteiger partial charge in [0, 0.05) is 44.5 Å². The zero-order chi connectivity index (χ0) is 25.3. The molecular weight excluding hydrogens is 450 g/mol. The lowest BCUT2D eigenvalue weighted by Crippen LogP contribution is -2.36.